The number of hydrogen-bond acceptors (Lipinski definition) is 1. The van der Waals surface area contributed by atoms with Gasteiger partial charge in [0.2, 0.25) is 0 Å². The molecule has 0 unspecified atom stereocenters. The van der Waals surface area contributed by atoms with Gasteiger partial charge < -0.3 is 9.47 Å². The number of aromatic nitrogens is 1. The molecule has 60 heavy (non-hydrogen) atoms. The first-order chi connectivity index (χ1) is 29.8. The second-order valence-corrected chi connectivity index (χ2v) is 14.9. The van der Waals surface area contributed by atoms with Crippen LogP contribution in [-0.2, 0) is 0 Å². The third kappa shape index (κ3) is 6.59. The Labute approximate surface area is 351 Å². The van der Waals surface area contributed by atoms with Crippen molar-refractivity contribution in [2.75, 3.05) is 4.90 Å². The van der Waals surface area contributed by atoms with Gasteiger partial charge in [-0.15, -0.1) is 0 Å². The van der Waals surface area contributed by atoms with E-state index in [1.807, 2.05) is 13.8 Å². The van der Waals surface area contributed by atoms with Crippen molar-refractivity contribution in [1.29, 1.82) is 0 Å². The molecule has 0 N–H and O–H groups in total. The first-order valence-corrected chi connectivity index (χ1v) is 20.9. The molecule has 0 saturated carbocycles. The van der Waals surface area contributed by atoms with E-state index in [-0.39, 0.29) is 0 Å². The Morgan fingerprint density at radius 1 is 0.300 bits per heavy atom. The molecule has 286 valence electrons. The van der Waals surface area contributed by atoms with Gasteiger partial charge in [0.05, 0.1) is 11.0 Å². The zero-order valence-electron chi connectivity index (χ0n) is 33.8. The molecule has 0 aliphatic heterocycles. The third-order valence-electron chi connectivity index (χ3n) is 11.6. The molecule has 0 radical (unpaired) electrons. The maximum Gasteiger partial charge on any atom is 0.0541 e. The molecule has 0 spiro atoms. The van der Waals surface area contributed by atoms with Gasteiger partial charge in [0.1, 0.15) is 0 Å². The zero-order chi connectivity index (χ0) is 40.4. The zero-order valence-corrected chi connectivity index (χ0v) is 33.8. The van der Waals surface area contributed by atoms with Crippen molar-refractivity contribution < 1.29 is 0 Å². The van der Waals surface area contributed by atoms with Crippen LogP contribution in [0, 0.1) is 0 Å². The maximum absolute atomic E-state index is 2.37. The normalized spacial score (nSPS) is 11.2. The average Bonchev–Trinajstić information content (AvgIpc) is 3.67. The van der Waals surface area contributed by atoms with Crippen LogP contribution in [0.25, 0.3) is 82.4 Å². The predicted molar refractivity (Wildman–Crippen MR) is 258 cm³/mol. The Bertz CT molecular complexity index is 3120. The van der Waals surface area contributed by atoms with Gasteiger partial charge >= 0.3 is 0 Å². The van der Waals surface area contributed by atoms with Crippen molar-refractivity contribution >= 4 is 60.4 Å². The Hall–Kier alpha value is -7.68. The quantitative estimate of drug-likeness (QED) is 0.157. The number of nitrogens with zero attached hydrogens (tertiary/aromatic N) is 2. The minimum atomic E-state index is 1.10. The molecule has 2 heteroatoms. The van der Waals surface area contributed by atoms with Crippen LogP contribution in [0.15, 0.2) is 231 Å². The molecular weight excluding hydrogens is 725 g/mol. The van der Waals surface area contributed by atoms with Crippen molar-refractivity contribution in [3.63, 3.8) is 0 Å². The van der Waals surface area contributed by atoms with Crippen LogP contribution in [0.2, 0.25) is 0 Å². The number of fused-ring (bicyclic) bond motifs is 5. The summed E-state index contributed by atoms with van der Waals surface area (Å²) in [5.74, 6) is 0. The van der Waals surface area contributed by atoms with Crippen molar-refractivity contribution in [3.8, 4) is 39.1 Å². The van der Waals surface area contributed by atoms with Gasteiger partial charge in [-0.1, -0.05) is 178 Å². The van der Waals surface area contributed by atoms with E-state index in [9.17, 15) is 0 Å². The van der Waals surface area contributed by atoms with Crippen LogP contribution in [-0.4, -0.2) is 4.57 Å². The largest absolute Gasteiger partial charge is 0.311 e. The lowest BCUT2D eigenvalue weighted by molar-refractivity contribution is 1.18. The van der Waals surface area contributed by atoms with E-state index in [1.165, 1.54) is 82.4 Å². The van der Waals surface area contributed by atoms with Gasteiger partial charge in [-0.2, -0.15) is 0 Å². The monoisotopic (exact) mass is 768 g/mol. The molecule has 1 heterocycles. The summed E-state index contributed by atoms with van der Waals surface area (Å²) in [7, 11) is 0. The lowest BCUT2D eigenvalue weighted by Crippen LogP contribution is -2.09. The SMILES string of the molecule is CC.c1ccc(-n2c3ccccc3c3cc(-c4ccc(N(c5ccc(-c6cccc7ccccc67)cc5)c5ccc(-c6cccc7ccccc67)cc5)cc4)ccc32)cc1. The lowest BCUT2D eigenvalue weighted by atomic mass is 9.97. The Morgan fingerprint density at radius 2 is 0.717 bits per heavy atom. The van der Waals surface area contributed by atoms with Crippen LogP contribution in [0.4, 0.5) is 17.1 Å². The van der Waals surface area contributed by atoms with Gasteiger partial charge in [0.25, 0.3) is 0 Å². The van der Waals surface area contributed by atoms with E-state index in [0.29, 0.717) is 0 Å². The fourth-order valence-electron chi connectivity index (χ4n) is 8.79. The first-order valence-electron chi connectivity index (χ1n) is 20.9. The smallest absolute Gasteiger partial charge is 0.0541 e. The molecule has 0 fully saturated rings. The minimum Gasteiger partial charge on any atom is -0.311 e. The number of hydrogen-bond donors (Lipinski definition) is 0. The van der Waals surface area contributed by atoms with Crippen LogP contribution in [0.3, 0.4) is 0 Å². The predicted octanol–water partition coefficient (Wildman–Crippen LogP) is 16.6. The van der Waals surface area contributed by atoms with E-state index >= 15 is 0 Å². The number of anilines is 3. The average molecular weight is 769 g/mol. The van der Waals surface area contributed by atoms with Crippen molar-refractivity contribution in [1.82, 2.24) is 4.57 Å². The summed E-state index contributed by atoms with van der Waals surface area (Å²) in [6, 6.07) is 83.6. The van der Waals surface area contributed by atoms with Crippen LogP contribution in [0.1, 0.15) is 13.8 Å². The summed E-state index contributed by atoms with van der Waals surface area (Å²) < 4.78 is 2.37. The molecule has 11 aromatic rings. The van der Waals surface area contributed by atoms with Gasteiger partial charge in [-0.3, -0.25) is 0 Å². The molecular formula is C58H44N2. The van der Waals surface area contributed by atoms with Crippen LogP contribution >= 0.6 is 0 Å². The highest BCUT2D eigenvalue weighted by Gasteiger charge is 2.16. The molecule has 1 aromatic heterocycles. The third-order valence-corrected chi connectivity index (χ3v) is 11.6. The lowest BCUT2D eigenvalue weighted by Gasteiger charge is -2.26. The number of rotatable bonds is 7. The van der Waals surface area contributed by atoms with Crippen molar-refractivity contribution in [3.05, 3.63) is 231 Å². The van der Waals surface area contributed by atoms with E-state index < -0.39 is 0 Å². The minimum absolute atomic E-state index is 1.10. The van der Waals surface area contributed by atoms with Gasteiger partial charge in [0.15, 0.2) is 0 Å². The molecule has 0 saturated heterocycles. The standard InChI is InChI=1S/C56H38N2.C2H6/c1-2-16-45(17-3-1)58-55-23-9-8-20-53(55)54-38-44(30-37-56(54)58)39-24-31-46(32-25-39)57(47-33-26-42(27-34-47)51-21-10-14-40-12-4-6-18-49(40)51)48-35-28-43(29-36-48)52-22-11-15-41-13-5-7-19-50(41)52;1-2/h1-38H;1-2H3. The van der Waals surface area contributed by atoms with Crippen molar-refractivity contribution in [2.45, 2.75) is 13.8 Å². The molecule has 10 aromatic carbocycles. The van der Waals surface area contributed by atoms with E-state index in [0.717, 1.165) is 17.1 Å². The molecule has 0 bridgehead atoms. The first kappa shape index (κ1) is 36.6. The van der Waals surface area contributed by atoms with Crippen LogP contribution < -0.4 is 4.90 Å². The van der Waals surface area contributed by atoms with Crippen molar-refractivity contribution in [2.24, 2.45) is 0 Å². The molecule has 0 amide bonds. The number of benzene rings is 10. The van der Waals surface area contributed by atoms with Gasteiger partial charge in [0, 0.05) is 33.5 Å². The highest BCUT2D eigenvalue weighted by Crippen LogP contribution is 2.40. The van der Waals surface area contributed by atoms with E-state index in [2.05, 4.69) is 240 Å². The summed E-state index contributed by atoms with van der Waals surface area (Å²) >= 11 is 0. The van der Waals surface area contributed by atoms with Gasteiger partial charge in [-0.05, 0) is 122 Å². The summed E-state index contributed by atoms with van der Waals surface area (Å²) in [5.41, 5.74) is 14.1. The molecule has 11 rings (SSSR count). The fourth-order valence-corrected chi connectivity index (χ4v) is 8.79. The highest BCUT2D eigenvalue weighted by molar-refractivity contribution is 6.10. The maximum atomic E-state index is 2.37. The van der Waals surface area contributed by atoms with E-state index in [1.54, 1.807) is 0 Å². The second kappa shape index (κ2) is 15.9. The summed E-state index contributed by atoms with van der Waals surface area (Å²) in [4.78, 5) is 2.36. The Balaban J connectivity index is 0.00000213. The molecule has 0 aliphatic carbocycles. The molecule has 2 nitrogen and oxygen atoms in total. The summed E-state index contributed by atoms with van der Waals surface area (Å²) in [6.07, 6.45) is 0. The topological polar surface area (TPSA) is 8.17 Å². The summed E-state index contributed by atoms with van der Waals surface area (Å²) in [5, 5.41) is 7.52. The highest BCUT2D eigenvalue weighted by atomic mass is 15.1. The Kier molecular flexibility index (Phi) is 9.73. The molecule has 0 atom stereocenters. The second-order valence-electron chi connectivity index (χ2n) is 14.9. The number of para-hydroxylation sites is 2. The van der Waals surface area contributed by atoms with Crippen LogP contribution in [0.5, 0.6) is 0 Å². The van der Waals surface area contributed by atoms with E-state index in [4.69, 9.17) is 0 Å². The summed E-state index contributed by atoms with van der Waals surface area (Å²) in [6.45, 7) is 4.00. The fraction of sp³-hybridized carbons (Fsp3) is 0.0345. The van der Waals surface area contributed by atoms with Gasteiger partial charge in [-0.25, -0.2) is 0 Å². The Morgan fingerprint density at radius 3 is 1.27 bits per heavy atom. The molecule has 0 aliphatic rings.